The predicted molar refractivity (Wildman–Crippen MR) is 146 cm³/mol. The first-order chi connectivity index (χ1) is 18.0. The number of hydrogen-bond donors (Lipinski definition) is 1. The second kappa shape index (κ2) is 11.4. The van der Waals surface area contributed by atoms with Crippen LogP contribution in [0.1, 0.15) is 12.0 Å². The number of carbonyl (C=O) groups excluding carboxylic acids is 1. The van der Waals surface area contributed by atoms with Gasteiger partial charge in [0.15, 0.2) is 5.13 Å². The van der Waals surface area contributed by atoms with E-state index in [4.69, 9.17) is 4.74 Å². The maximum Gasteiger partial charge on any atom is 0.243 e. The van der Waals surface area contributed by atoms with Crippen molar-refractivity contribution in [1.29, 1.82) is 0 Å². The molecule has 0 bridgehead atoms. The van der Waals surface area contributed by atoms with Gasteiger partial charge in [0.05, 0.1) is 23.8 Å². The summed E-state index contributed by atoms with van der Waals surface area (Å²) in [5.74, 6) is -0.134. The third-order valence-corrected chi connectivity index (χ3v) is 8.88. The SMILES string of the molecule is O=C(CCc1ccc(S(=O)(=O)N2CCOCC2)cc1)Nc1nc(-c2ccc(-c3ccccc3)cc2)cs1. The van der Waals surface area contributed by atoms with Gasteiger partial charge in [-0.15, -0.1) is 11.3 Å². The van der Waals surface area contributed by atoms with Gasteiger partial charge in [0.25, 0.3) is 0 Å². The Morgan fingerprint density at radius 1 is 0.892 bits per heavy atom. The molecule has 0 aliphatic carbocycles. The van der Waals surface area contributed by atoms with E-state index in [1.807, 2.05) is 35.7 Å². The molecule has 7 nitrogen and oxygen atoms in total. The van der Waals surface area contributed by atoms with Crippen LogP contribution in [0.15, 0.2) is 89.1 Å². The lowest BCUT2D eigenvalue weighted by Crippen LogP contribution is -2.40. The zero-order valence-electron chi connectivity index (χ0n) is 20.2. The molecule has 0 spiro atoms. The van der Waals surface area contributed by atoms with Crippen molar-refractivity contribution < 1.29 is 17.9 Å². The van der Waals surface area contributed by atoms with Crippen LogP contribution in [0.5, 0.6) is 0 Å². The van der Waals surface area contributed by atoms with Crippen LogP contribution in [0, 0.1) is 0 Å². The predicted octanol–water partition coefficient (Wildman–Crippen LogP) is 5.07. The van der Waals surface area contributed by atoms with E-state index in [2.05, 4.69) is 34.6 Å². The topological polar surface area (TPSA) is 88.6 Å². The number of carbonyl (C=O) groups is 1. The summed E-state index contributed by atoms with van der Waals surface area (Å²) in [6.07, 6.45) is 0.777. The largest absolute Gasteiger partial charge is 0.379 e. The molecule has 5 rings (SSSR count). The van der Waals surface area contributed by atoms with E-state index in [1.165, 1.54) is 15.6 Å². The lowest BCUT2D eigenvalue weighted by Gasteiger charge is -2.26. The molecular formula is C28H27N3O4S2. The molecule has 0 unspecified atom stereocenters. The van der Waals surface area contributed by atoms with Gasteiger partial charge in [-0.2, -0.15) is 4.31 Å². The van der Waals surface area contributed by atoms with E-state index in [0.29, 0.717) is 37.9 Å². The molecule has 1 aromatic heterocycles. The van der Waals surface area contributed by atoms with Gasteiger partial charge < -0.3 is 10.1 Å². The smallest absolute Gasteiger partial charge is 0.243 e. The van der Waals surface area contributed by atoms with Gasteiger partial charge in [-0.1, -0.05) is 66.7 Å². The Labute approximate surface area is 220 Å². The summed E-state index contributed by atoms with van der Waals surface area (Å²) in [7, 11) is -3.52. The fraction of sp³-hybridized carbons (Fsp3) is 0.214. The average Bonchev–Trinajstić information content (AvgIpc) is 3.41. The molecule has 1 aliphatic heterocycles. The normalized spacial score (nSPS) is 14.4. The molecule has 37 heavy (non-hydrogen) atoms. The average molecular weight is 534 g/mol. The van der Waals surface area contributed by atoms with Crippen LogP contribution < -0.4 is 5.32 Å². The van der Waals surface area contributed by atoms with Gasteiger partial charge in [-0.3, -0.25) is 4.79 Å². The number of ether oxygens (including phenoxy) is 1. The highest BCUT2D eigenvalue weighted by Gasteiger charge is 2.26. The summed E-state index contributed by atoms with van der Waals surface area (Å²) in [6, 6.07) is 25.1. The molecule has 1 amide bonds. The molecule has 0 radical (unpaired) electrons. The Bertz CT molecular complexity index is 1450. The maximum atomic E-state index is 12.8. The number of benzene rings is 3. The fourth-order valence-corrected chi connectivity index (χ4v) is 6.28. The quantitative estimate of drug-likeness (QED) is 0.342. The highest BCUT2D eigenvalue weighted by Crippen LogP contribution is 2.28. The summed E-state index contributed by atoms with van der Waals surface area (Å²) in [6.45, 7) is 1.55. The fourth-order valence-electron chi connectivity index (χ4n) is 4.13. The molecule has 1 fully saturated rings. The van der Waals surface area contributed by atoms with Crippen LogP contribution in [-0.2, 0) is 26.0 Å². The number of anilines is 1. The zero-order valence-corrected chi connectivity index (χ0v) is 21.8. The van der Waals surface area contributed by atoms with Gasteiger partial charge in [0, 0.05) is 30.5 Å². The Morgan fingerprint density at radius 2 is 1.54 bits per heavy atom. The van der Waals surface area contributed by atoms with Crippen molar-refractivity contribution >= 4 is 32.4 Å². The van der Waals surface area contributed by atoms with Gasteiger partial charge in [0.2, 0.25) is 15.9 Å². The molecule has 1 N–H and O–H groups in total. The Kier molecular flexibility index (Phi) is 7.76. The molecule has 190 valence electrons. The molecule has 0 atom stereocenters. The number of rotatable bonds is 8. The van der Waals surface area contributed by atoms with Crippen molar-refractivity contribution in [2.24, 2.45) is 0 Å². The zero-order chi connectivity index (χ0) is 25.7. The van der Waals surface area contributed by atoms with E-state index < -0.39 is 10.0 Å². The molecular weight excluding hydrogens is 506 g/mol. The number of sulfonamides is 1. The molecule has 2 heterocycles. The van der Waals surface area contributed by atoms with Crippen molar-refractivity contribution in [3.8, 4) is 22.4 Å². The second-order valence-electron chi connectivity index (χ2n) is 8.69. The number of thiazole rings is 1. The standard InChI is InChI=1S/C28H27N3O4S2/c32-27(15-8-21-6-13-25(14-7-21)37(33,34)31-16-18-35-19-17-31)30-28-29-26(20-36-28)24-11-9-23(10-12-24)22-4-2-1-3-5-22/h1-7,9-14,20H,8,15-19H2,(H,29,30,32). The molecule has 3 aromatic carbocycles. The van der Waals surface area contributed by atoms with Gasteiger partial charge in [-0.05, 0) is 35.2 Å². The third-order valence-electron chi connectivity index (χ3n) is 6.21. The minimum atomic E-state index is -3.52. The van der Waals surface area contributed by atoms with Crippen molar-refractivity contribution in [3.63, 3.8) is 0 Å². The molecule has 0 saturated carbocycles. The highest BCUT2D eigenvalue weighted by atomic mass is 32.2. The molecule has 1 aliphatic rings. The van der Waals surface area contributed by atoms with Gasteiger partial charge in [0.1, 0.15) is 0 Å². The number of nitrogens with one attached hydrogen (secondary N) is 1. The molecule has 1 saturated heterocycles. The lowest BCUT2D eigenvalue weighted by molar-refractivity contribution is -0.116. The first-order valence-corrected chi connectivity index (χ1v) is 14.4. The maximum absolute atomic E-state index is 12.8. The van der Waals surface area contributed by atoms with Crippen LogP contribution in [-0.4, -0.2) is 49.9 Å². The van der Waals surface area contributed by atoms with E-state index in [0.717, 1.165) is 27.9 Å². The van der Waals surface area contributed by atoms with E-state index in [9.17, 15) is 13.2 Å². The summed E-state index contributed by atoms with van der Waals surface area (Å²) in [5, 5.41) is 5.36. The second-order valence-corrected chi connectivity index (χ2v) is 11.5. The first-order valence-electron chi connectivity index (χ1n) is 12.1. The van der Waals surface area contributed by atoms with Crippen LogP contribution in [0.2, 0.25) is 0 Å². The Hall–Kier alpha value is -3.37. The van der Waals surface area contributed by atoms with Crippen LogP contribution in [0.3, 0.4) is 0 Å². The number of hydrogen-bond acceptors (Lipinski definition) is 6. The number of morpholine rings is 1. The van der Waals surface area contributed by atoms with Crippen molar-refractivity contribution in [3.05, 3.63) is 89.8 Å². The van der Waals surface area contributed by atoms with Crippen LogP contribution in [0.25, 0.3) is 22.4 Å². The van der Waals surface area contributed by atoms with E-state index in [1.54, 1.807) is 24.3 Å². The minimum absolute atomic E-state index is 0.134. The Morgan fingerprint density at radius 3 is 2.24 bits per heavy atom. The number of aryl methyl sites for hydroxylation is 1. The summed E-state index contributed by atoms with van der Waals surface area (Å²) < 4.78 is 32.2. The van der Waals surface area contributed by atoms with Crippen molar-refractivity contribution in [2.45, 2.75) is 17.7 Å². The van der Waals surface area contributed by atoms with Gasteiger partial charge >= 0.3 is 0 Å². The van der Waals surface area contributed by atoms with Crippen molar-refractivity contribution in [2.75, 3.05) is 31.6 Å². The molecule has 9 heteroatoms. The van der Waals surface area contributed by atoms with Crippen molar-refractivity contribution in [1.82, 2.24) is 9.29 Å². The number of nitrogens with zero attached hydrogens (tertiary/aromatic N) is 2. The summed E-state index contributed by atoms with van der Waals surface area (Å²) >= 11 is 1.39. The number of aromatic nitrogens is 1. The summed E-state index contributed by atoms with van der Waals surface area (Å²) in [5.41, 5.74) is 5.00. The third kappa shape index (κ3) is 6.14. The van der Waals surface area contributed by atoms with Crippen LogP contribution in [0.4, 0.5) is 5.13 Å². The monoisotopic (exact) mass is 533 g/mol. The van der Waals surface area contributed by atoms with E-state index >= 15 is 0 Å². The lowest BCUT2D eigenvalue weighted by atomic mass is 10.0. The Balaban J connectivity index is 1.14. The van der Waals surface area contributed by atoms with Crippen LogP contribution >= 0.6 is 11.3 Å². The summed E-state index contributed by atoms with van der Waals surface area (Å²) in [4.78, 5) is 17.3. The van der Waals surface area contributed by atoms with Gasteiger partial charge in [-0.25, -0.2) is 13.4 Å². The highest BCUT2D eigenvalue weighted by molar-refractivity contribution is 7.89. The molecule has 4 aromatic rings. The number of amides is 1. The van der Waals surface area contributed by atoms with E-state index in [-0.39, 0.29) is 17.2 Å². The minimum Gasteiger partial charge on any atom is -0.379 e. The first kappa shape index (κ1) is 25.3.